The summed E-state index contributed by atoms with van der Waals surface area (Å²) in [5.41, 5.74) is 11.8. The average Bonchev–Trinajstić information content (AvgIpc) is 3.73. The van der Waals surface area contributed by atoms with Crippen molar-refractivity contribution in [2.45, 2.75) is 0 Å². The van der Waals surface area contributed by atoms with Gasteiger partial charge in [0.05, 0.1) is 10.2 Å². The molecule has 0 spiro atoms. The third-order valence-electron chi connectivity index (χ3n) is 8.71. The summed E-state index contributed by atoms with van der Waals surface area (Å²) in [4.78, 5) is 7.26. The first-order chi connectivity index (χ1) is 23.3. The number of anilines is 3. The van der Waals surface area contributed by atoms with Crippen molar-refractivity contribution < 1.29 is 4.42 Å². The summed E-state index contributed by atoms with van der Waals surface area (Å²) in [7, 11) is 0. The number of benzene rings is 7. The first kappa shape index (κ1) is 27.3. The van der Waals surface area contributed by atoms with Crippen LogP contribution in [0.3, 0.4) is 0 Å². The van der Waals surface area contributed by atoms with E-state index in [1.54, 1.807) is 11.3 Å². The molecule has 222 valence electrons. The number of fused-ring (bicyclic) bond motifs is 4. The quantitative estimate of drug-likeness (QED) is 0.185. The highest BCUT2D eigenvalue weighted by Gasteiger charge is 2.17. The molecule has 4 heteroatoms. The van der Waals surface area contributed by atoms with Gasteiger partial charge in [0.1, 0.15) is 16.2 Å². The van der Waals surface area contributed by atoms with Gasteiger partial charge in [-0.1, -0.05) is 115 Å². The molecule has 9 rings (SSSR count). The van der Waals surface area contributed by atoms with E-state index in [9.17, 15) is 0 Å². The summed E-state index contributed by atoms with van der Waals surface area (Å²) >= 11 is 1.72. The number of furan rings is 1. The van der Waals surface area contributed by atoms with Gasteiger partial charge in [-0.05, 0) is 70.8 Å². The van der Waals surface area contributed by atoms with Crippen LogP contribution in [0.4, 0.5) is 17.1 Å². The Balaban J connectivity index is 1.16. The summed E-state index contributed by atoms with van der Waals surface area (Å²) in [6, 6.07) is 59.8. The number of aromatic nitrogens is 1. The van der Waals surface area contributed by atoms with Crippen LogP contribution in [0.2, 0.25) is 0 Å². The van der Waals surface area contributed by atoms with Crippen LogP contribution in [0.15, 0.2) is 174 Å². The second-order valence-electron chi connectivity index (χ2n) is 11.6. The number of nitrogens with zero attached hydrogens (tertiary/aromatic N) is 2. The zero-order chi connectivity index (χ0) is 31.2. The van der Waals surface area contributed by atoms with E-state index in [1.807, 2.05) is 6.07 Å². The molecule has 3 nitrogen and oxygen atoms in total. The molecule has 47 heavy (non-hydrogen) atoms. The summed E-state index contributed by atoms with van der Waals surface area (Å²) in [5.74, 6) is 0. The zero-order valence-corrected chi connectivity index (χ0v) is 26.2. The second-order valence-corrected chi connectivity index (χ2v) is 12.7. The number of hydrogen-bond acceptors (Lipinski definition) is 4. The normalized spacial score (nSPS) is 11.4. The molecular weight excluding hydrogens is 593 g/mol. The summed E-state index contributed by atoms with van der Waals surface area (Å²) in [5, 5.41) is 3.19. The van der Waals surface area contributed by atoms with Gasteiger partial charge >= 0.3 is 0 Å². The van der Waals surface area contributed by atoms with Crippen molar-refractivity contribution in [2.24, 2.45) is 0 Å². The van der Waals surface area contributed by atoms with Crippen molar-refractivity contribution in [2.75, 3.05) is 4.90 Å². The first-order valence-electron chi connectivity index (χ1n) is 15.7. The van der Waals surface area contributed by atoms with Crippen LogP contribution < -0.4 is 4.90 Å². The van der Waals surface area contributed by atoms with Crippen LogP contribution in [0.5, 0.6) is 0 Å². The van der Waals surface area contributed by atoms with Gasteiger partial charge in [0.2, 0.25) is 0 Å². The Bertz CT molecular complexity index is 2400. The number of hydrogen-bond donors (Lipinski definition) is 0. The van der Waals surface area contributed by atoms with Crippen LogP contribution in [-0.4, -0.2) is 4.98 Å². The lowest BCUT2D eigenvalue weighted by atomic mass is 10.0. The Morgan fingerprint density at radius 1 is 0.426 bits per heavy atom. The Hall–Kier alpha value is -5.97. The van der Waals surface area contributed by atoms with Crippen molar-refractivity contribution in [1.29, 1.82) is 0 Å². The fourth-order valence-corrected chi connectivity index (χ4v) is 7.34. The van der Waals surface area contributed by atoms with Crippen LogP contribution in [0.25, 0.3) is 65.0 Å². The van der Waals surface area contributed by atoms with E-state index < -0.39 is 0 Å². The van der Waals surface area contributed by atoms with E-state index in [0.717, 1.165) is 59.8 Å². The fraction of sp³-hybridized carbons (Fsp3) is 0. The maximum absolute atomic E-state index is 6.40. The van der Waals surface area contributed by atoms with Crippen molar-refractivity contribution in [3.05, 3.63) is 170 Å². The lowest BCUT2D eigenvalue weighted by molar-refractivity contribution is 0.669. The molecule has 0 radical (unpaired) electrons. The van der Waals surface area contributed by atoms with Crippen LogP contribution in [0.1, 0.15) is 0 Å². The fourth-order valence-electron chi connectivity index (χ4n) is 6.34. The Morgan fingerprint density at radius 3 is 1.49 bits per heavy atom. The monoisotopic (exact) mass is 620 g/mol. The number of rotatable bonds is 6. The molecule has 7 aromatic carbocycles. The highest BCUT2D eigenvalue weighted by molar-refractivity contribution is 7.21. The Morgan fingerprint density at radius 2 is 0.915 bits per heavy atom. The molecule has 0 aliphatic heterocycles. The Labute approximate surface area is 276 Å². The van der Waals surface area contributed by atoms with Gasteiger partial charge in [0, 0.05) is 39.5 Å². The number of thiazole rings is 1. The predicted octanol–water partition coefficient (Wildman–Crippen LogP) is 12.7. The third-order valence-corrected chi connectivity index (χ3v) is 9.77. The molecule has 0 saturated heterocycles. The third kappa shape index (κ3) is 5.05. The molecule has 0 atom stereocenters. The van der Waals surface area contributed by atoms with Gasteiger partial charge in [0.25, 0.3) is 0 Å². The van der Waals surface area contributed by atoms with Crippen molar-refractivity contribution >= 4 is 60.6 Å². The van der Waals surface area contributed by atoms with E-state index in [4.69, 9.17) is 9.40 Å². The van der Waals surface area contributed by atoms with Gasteiger partial charge in [0.15, 0.2) is 0 Å². The average molecular weight is 621 g/mol. The zero-order valence-electron chi connectivity index (χ0n) is 25.4. The van der Waals surface area contributed by atoms with Crippen molar-refractivity contribution in [3.8, 4) is 32.8 Å². The Kier molecular flexibility index (Phi) is 6.65. The molecule has 0 aliphatic rings. The minimum Gasteiger partial charge on any atom is -0.456 e. The van der Waals surface area contributed by atoms with Gasteiger partial charge in [-0.2, -0.15) is 0 Å². The van der Waals surface area contributed by atoms with Gasteiger partial charge < -0.3 is 9.32 Å². The lowest BCUT2D eigenvalue weighted by Crippen LogP contribution is -2.09. The van der Waals surface area contributed by atoms with E-state index in [0.29, 0.717) is 0 Å². The molecule has 0 saturated carbocycles. The molecule has 9 aromatic rings. The van der Waals surface area contributed by atoms with Crippen LogP contribution >= 0.6 is 11.3 Å². The summed E-state index contributed by atoms with van der Waals surface area (Å²) in [6.45, 7) is 0. The minimum absolute atomic E-state index is 0.848. The second kappa shape index (κ2) is 11.4. The lowest BCUT2D eigenvalue weighted by Gasteiger charge is -2.26. The summed E-state index contributed by atoms with van der Waals surface area (Å²) < 4.78 is 7.54. The molecule has 0 amide bonds. The topological polar surface area (TPSA) is 29.3 Å². The maximum atomic E-state index is 6.40. The van der Waals surface area contributed by atoms with E-state index >= 15 is 0 Å². The molecule has 0 fully saturated rings. The molecule has 0 N–H and O–H groups in total. The first-order valence-corrected chi connectivity index (χ1v) is 16.5. The summed E-state index contributed by atoms with van der Waals surface area (Å²) in [6.07, 6.45) is 0. The highest BCUT2D eigenvalue weighted by Crippen LogP contribution is 2.41. The van der Waals surface area contributed by atoms with Crippen LogP contribution in [-0.2, 0) is 0 Å². The molecular formula is C43H28N2OS. The molecule has 2 aromatic heterocycles. The predicted molar refractivity (Wildman–Crippen MR) is 198 cm³/mol. The molecule has 0 aliphatic carbocycles. The SMILES string of the molecule is c1ccc(-c2ccc(N(c3ccc(-c4ccccc4)cc3)c3ccc4oc5cc6nc(-c7ccccc7)sc6cc5c4c3)cc2)cc1. The highest BCUT2D eigenvalue weighted by atomic mass is 32.1. The van der Waals surface area contributed by atoms with E-state index in [1.165, 1.54) is 22.3 Å². The maximum Gasteiger partial charge on any atom is 0.137 e. The minimum atomic E-state index is 0.848. The van der Waals surface area contributed by atoms with Gasteiger partial charge in [-0.3, -0.25) is 0 Å². The smallest absolute Gasteiger partial charge is 0.137 e. The van der Waals surface area contributed by atoms with E-state index in [-0.39, 0.29) is 0 Å². The standard InChI is InChI=1S/C43H28N2OS/c1-4-10-29(11-5-1)31-16-20-34(21-17-31)45(35-22-18-32(19-23-35)30-12-6-2-7-13-30)36-24-25-40-37(26-36)38-27-42-39(28-41(38)46-40)44-43(47-42)33-14-8-3-9-15-33/h1-28H. The molecule has 0 unspecified atom stereocenters. The van der Waals surface area contributed by atoms with Gasteiger partial charge in [-0.25, -0.2) is 4.98 Å². The van der Waals surface area contributed by atoms with Crippen molar-refractivity contribution in [1.82, 2.24) is 4.98 Å². The van der Waals surface area contributed by atoms with Crippen LogP contribution in [0, 0.1) is 0 Å². The largest absolute Gasteiger partial charge is 0.456 e. The van der Waals surface area contributed by atoms with Crippen molar-refractivity contribution in [3.63, 3.8) is 0 Å². The van der Waals surface area contributed by atoms with Gasteiger partial charge in [-0.15, -0.1) is 11.3 Å². The van der Waals surface area contributed by atoms with E-state index in [2.05, 4.69) is 169 Å². The molecule has 2 heterocycles. The molecule has 0 bridgehead atoms.